The van der Waals surface area contributed by atoms with E-state index in [-0.39, 0.29) is 4.90 Å². The van der Waals surface area contributed by atoms with Gasteiger partial charge in [0.15, 0.2) is 0 Å². The number of anilines is 1. The lowest BCUT2D eigenvalue weighted by molar-refractivity contribution is 0.400. The van der Waals surface area contributed by atoms with Crippen molar-refractivity contribution in [1.29, 1.82) is 0 Å². The van der Waals surface area contributed by atoms with Crippen molar-refractivity contribution in [3.05, 3.63) is 96.2 Å². The summed E-state index contributed by atoms with van der Waals surface area (Å²) in [6.07, 6.45) is 1.62. The van der Waals surface area contributed by atoms with E-state index in [2.05, 4.69) is 4.72 Å². The van der Waals surface area contributed by atoms with E-state index < -0.39 is 18.6 Å². The molecule has 3 aromatic rings. The van der Waals surface area contributed by atoms with E-state index in [9.17, 15) is 18.0 Å². The quantitative estimate of drug-likeness (QED) is 0.558. The maximum Gasteiger partial charge on any atom is 0.394 e. The van der Waals surface area contributed by atoms with Gasteiger partial charge in [-0.2, -0.15) is 0 Å². The Morgan fingerprint density at radius 3 is 1.93 bits per heavy atom. The van der Waals surface area contributed by atoms with Gasteiger partial charge in [0.05, 0.1) is 4.90 Å². The second kappa shape index (κ2) is 7.89. The summed E-state index contributed by atoms with van der Waals surface area (Å²) in [5.74, 6) is 0. The second-order valence-electron chi connectivity index (χ2n) is 5.97. The predicted octanol–water partition coefficient (Wildman–Crippen LogP) is 2.37. The van der Waals surface area contributed by atoms with Gasteiger partial charge in [0, 0.05) is 5.69 Å². The van der Waals surface area contributed by atoms with Gasteiger partial charge in [-0.25, -0.2) is 8.42 Å². The minimum Gasteiger partial charge on any atom is -0.404 e. The first-order chi connectivity index (χ1) is 12.9. The first kappa shape index (κ1) is 19.1. The number of nitrogens with one attached hydrogen (secondary N) is 1. The Balaban J connectivity index is 1.72. The third kappa shape index (κ3) is 4.93. The van der Waals surface area contributed by atoms with Crippen molar-refractivity contribution in [1.82, 2.24) is 0 Å². The van der Waals surface area contributed by atoms with Gasteiger partial charge in [-0.15, -0.1) is 0 Å². The fourth-order valence-corrected chi connectivity index (χ4v) is 4.85. The molecule has 7 heteroatoms. The molecular weight excluding hydrogens is 378 g/mol. The van der Waals surface area contributed by atoms with Crippen LogP contribution in [0.4, 0.5) is 5.69 Å². The highest BCUT2D eigenvalue weighted by molar-refractivity contribution is 7.92. The Morgan fingerprint density at radius 1 is 0.778 bits per heavy atom. The Morgan fingerprint density at radius 2 is 1.33 bits per heavy atom. The van der Waals surface area contributed by atoms with Crippen molar-refractivity contribution in [2.24, 2.45) is 0 Å². The van der Waals surface area contributed by atoms with Crippen molar-refractivity contribution in [2.75, 3.05) is 4.72 Å². The number of benzene rings is 3. The Bertz CT molecular complexity index is 1020. The highest BCUT2D eigenvalue weighted by atomic mass is 32.2. The van der Waals surface area contributed by atoms with E-state index in [4.69, 9.17) is 0 Å². The predicted molar refractivity (Wildman–Crippen MR) is 109 cm³/mol. The van der Waals surface area contributed by atoms with E-state index >= 15 is 0 Å². The Kier molecular flexibility index (Phi) is 5.57. The summed E-state index contributed by atoms with van der Waals surface area (Å²) in [7, 11) is -7.29. The molecule has 0 radical (unpaired) electrons. The molecule has 5 nitrogen and oxygen atoms in total. The smallest absolute Gasteiger partial charge is 0.394 e. The van der Waals surface area contributed by atoms with Crippen LogP contribution < -0.4 is 9.91 Å². The second-order valence-corrected chi connectivity index (χ2v) is 10.0. The van der Waals surface area contributed by atoms with Crippen molar-refractivity contribution in [2.45, 2.75) is 4.90 Å². The molecule has 0 saturated heterocycles. The molecular formula is C20H19NO4SSi. The standard InChI is InChI=1S/C20H19NO4SSi/c22-26(23,19-7-3-1-4-8-19)21-18-13-11-17(12-14-18)15-16-27(24,25)20-9-5-2-6-10-20/h1-16,21,24-25H. The van der Waals surface area contributed by atoms with Gasteiger partial charge in [0.25, 0.3) is 10.0 Å². The van der Waals surface area contributed by atoms with Crippen molar-refractivity contribution in [3.63, 3.8) is 0 Å². The van der Waals surface area contributed by atoms with Gasteiger partial charge in [0.1, 0.15) is 0 Å². The van der Waals surface area contributed by atoms with Crippen molar-refractivity contribution < 1.29 is 18.0 Å². The Labute approximate surface area is 159 Å². The normalized spacial score (nSPS) is 12.2. The average molecular weight is 398 g/mol. The summed E-state index contributed by atoms with van der Waals surface area (Å²) in [5, 5.41) is 0.494. The first-order valence-electron chi connectivity index (χ1n) is 8.24. The molecule has 0 heterocycles. The summed E-state index contributed by atoms with van der Waals surface area (Å²) >= 11 is 0. The molecule has 3 aromatic carbocycles. The number of hydrogen-bond acceptors (Lipinski definition) is 4. The molecule has 0 saturated carbocycles. The summed E-state index contributed by atoms with van der Waals surface area (Å²) in [5.41, 5.74) is 2.56. The highest BCUT2D eigenvalue weighted by Crippen LogP contribution is 2.17. The number of hydrogen-bond donors (Lipinski definition) is 3. The van der Waals surface area contributed by atoms with Crippen LogP contribution in [-0.2, 0) is 10.0 Å². The van der Waals surface area contributed by atoms with Crippen LogP contribution in [0.25, 0.3) is 6.08 Å². The molecule has 3 N–H and O–H groups in total. The van der Waals surface area contributed by atoms with E-state index in [1.807, 2.05) is 6.07 Å². The molecule has 0 fully saturated rings. The van der Waals surface area contributed by atoms with Crippen LogP contribution >= 0.6 is 0 Å². The highest BCUT2D eigenvalue weighted by Gasteiger charge is 2.28. The molecule has 0 aromatic heterocycles. The monoisotopic (exact) mass is 397 g/mol. The van der Waals surface area contributed by atoms with E-state index in [1.165, 1.54) is 17.8 Å². The maximum absolute atomic E-state index is 12.3. The Hall–Kier alpha value is -2.71. The van der Waals surface area contributed by atoms with Crippen LogP contribution in [-0.4, -0.2) is 26.6 Å². The SMILES string of the molecule is O=S(=O)(Nc1ccc(C=C[Si](O)(O)c2ccccc2)cc1)c1ccccc1. The first-order valence-corrected chi connectivity index (χ1v) is 11.7. The molecule has 0 amide bonds. The molecule has 0 aliphatic heterocycles. The molecule has 0 atom stereocenters. The maximum atomic E-state index is 12.3. The zero-order chi connectivity index (χ0) is 19.3. The van der Waals surface area contributed by atoms with Crippen molar-refractivity contribution >= 4 is 35.5 Å². The summed E-state index contributed by atoms with van der Waals surface area (Å²) in [6, 6.07) is 23.5. The minimum absolute atomic E-state index is 0.188. The third-order valence-corrected chi connectivity index (χ3v) is 7.13. The van der Waals surface area contributed by atoms with Gasteiger partial charge in [0.2, 0.25) is 0 Å². The largest absolute Gasteiger partial charge is 0.404 e. The zero-order valence-electron chi connectivity index (χ0n) is 14.4. The molecule has 0 aliphatic carbocycles. The molecule has 0 spiro atoms. The molecule has 0 aliphatic rings. The van der Waals surface area contributed by atoms with Crippen LogP contribution in [0.3, 0.4) is 0 Å². The molecule has 0 bridgehead atoms. The average Bonchev–Trinajstić information content (AvgIpc) is 2.69. The molecule has 138 valence electrons. The van der Waals surface area contributed by atoms with E-state index in [0.717, 1.165) is 5.56 Å². The van der Waals surface area contributed by atoms with Gasteiger partial charge in [-0.05, 0) is 40.7 Å². The van der Waals surface area contributed by atoms with E-state index in [0.29, 0.717) is 10.9 Å². The van der Waals surface area contributed by atoms with Gasteiger partial charge in [-0.1, -0.05) is 66.7 Å². The minimum atomic E-state index is -3.65. The number of sulfonamides is 1. The lowest BCUT2D eigenvalue weighted by atomic mass is 10.2. The fourth-order valence-electron chi connectivity index (χ4n) is 2.47. The lowest BCUT2D eigenvalue weighted by Crippen LogP contribution is -2.46. The summed E-state index contributed by atoms with van der Waals surface area (Å²) < 4.78 is 27.1. The number of rotatable bonds is 6. The van der Waals surface area contributed by atoms with E-state index in [1.54, 1.807) is 72.8 Å². The molecule has 0 unspecified atom stereocenters. The fraction of sp³-hybridized carbons (Fsp3) is 0. The van der Waals surface area contributed by atoms with Gasteiger partial charge in [-0.3, -0.25) is 4.72 Å². The lowest BCUT2D eigenvalue weighted by Gasteiger charge is -2.13. The van der Waals surface area contributed by atoms with Crippen LogP contribution in [0.1, 0.15) is 5.56 Å². The van der Waals surface area contributed by atoms with Crippen LogP contribution in [0.5, 0.6) is 0 Å². The van der Waals surface area contributed by atoms with Crippen molar-refractivity contribution in [3.8, 4) is 0 Å². The van der Waals surface area contributed by atoms with Crippen LogP contribution in [0, 0.1) is 0 Å². The topological polar surface area (TPSA) is 86.6 Å². The zero-order valence-corrected chi connectivity index (χ0v) is 16.2. The summed E-state index contributed by atoms with van der Waals surface area (Å²) in [6.45, 7) is 0. The van der Waals surface area contributed by atoms with Crippen LogP contribution in [0.15, 0.2) is 95.5 Å². The van der Waals surface area contributed by atoms with Gasteiger partial charge < -0.3 is 9.59 Å². The van der Waals surface area contributed by atoms with Crippen LogP contribution in [0.2, 0.25) is 0 Å². The summed E-state index contributed by atoms with van der Waals surface area (Å²) in [4.78, 5) is 20.8. The third-order valence-electron chi connectivity index (χ3n) is 3.92. The van der Waals surface area contributed by atoms with Gasteiger partial charge >= 0.3 is 8.56 Å². The molecule has 27 heavy (non-hydrogen) atoms. The molecule has 3 rings (SSSR count).